The molecule has 0 bridgehead atoms. The van der Waals surface area contributed by atoms with Gasteiger partial charge in [-0.1, -0.05) is 0 Å². The Labute approximate surface area is 169 Å². The predicted octanol–water partition coefficient (Wildman–Crippen LogP) is 5.33. The Hall–Kier alpha value is -0.189. The van der Waals surface area contributed by atoms with Gasteiger partial charge in [-0.15, -0.1) is 0 Å². The van der Waals surface area contributed by atoms with E-state index in [1.165, 1.54) is 0 Å². The summed E-state index contributed by atoms with van der Waals surface area (Å²) in [4.78, 5) is 0. The second-order valence-corrected chi connectivity index (χ2v) is 20.8. The number of allylic oxidation sites excluding steroid dienone is 8. The molecule has 0 spiro atoms. The fourth-order valence-corrected chi connectivity index (χ4v) is 19.7. The standard InChI is InChI=1S/2C9H13.C2H7Si.2CH4O.Ti/c2*1-6-5-7(2)9(4)8(6)3;1-3-2;2*1-2;/h2*6H,1-4H3;3H,1-2H3;2*2H,1H3;. The molecular formula is C22H41O2SiTi. The first-order valence-electron chi connectivity index (χ1n) is 9.65. The maximum absolute atomic E-state index is 7.00. The van der Waals surface area contributed by atoms with E-state index in [0.29, 0.717) is 11.8 Å². The van der Waals surface area contributed by atoms with Crippen LogP contribution in [0, 0.1) is 11.8 Å². The van der Waals surface area contributed by atoms with Crippen LogP contribution >= 0.6 is 0 Å². The first-order chi connectivity index (χ1) is 12.1. The van der Waals surface area contributed by atoms with Gasteiger partial charge in [-0.05, 0) is 0 Å². The summed E-state index contributed by atoms with van der Waals surface area (Å²) in [5, 5.41) is 14.0. The fourth-order valence-electron chi connectivity index (χ4n) is 4.37. The Kier molecular flexibility index (Phi) is 10.9. The van der Waals surface area contributed by atoms with E-state index in [-0.39, 0.29) is 0 Å². The van der Waals surface area contributed by atoms with Crippen molar-refractivity contribution in [3.05, 3.63) is 41.2 Å². The number of aliphatic hydroxyl groups is 2. The van der Waals surface area contributed by atoms with Crippen molar-refractivity contribution < 1.29 is 27.3 Å². The summed E-state index contributed by atoms with van der Waals surface area (Å²) in [5.74, 6) is 1.41. The first-order valence-corrected chi connectivity index (χ1v) is 16.8. The molecule has 2 aliphatic rings. The molecule has 149 valence electrons. The van der Waals surface area contributed by atoms with Crippen molar-refractivity contribution in [2.45, 2.75) is 68.5 Å². The fraction of sp³-hybridized carbons (Fsp3) is 0.636. The Morgan fingerprint density at radius 1 is 0.615 bits per heavy atom. The van der Waals surface area contributed by atoms with Gasteiger partial charge in [-0.2, -0.15) is 0 Å². The van der Waals surface area contributed by atoms with Crippen molar-refractivity contribution in [3.63, 3.8) is 0 Å². The maximum atomic E-state index is 7.00. The van der Waals surface area contributed by atoms with Crippen molar-refractivity contribution in [2.24, 2.45) is 11.8 Å². The molecule has 26 heavy (non-hydrogen) atoms. The number of aliphatic hydroxyl groups excluding tert-OH is 2. The molecule has 0 aromatic rings. The Morgan fingerprint density at radius 3 is 1.04 bits per heavy atom. The van der Waals surface area contributed by atoms with E-state index >= 15 is 0 Å². The van der Waals surface area contributed by atoms with Crippen LogP contribution in [0.2, 0.25) is 13.1 Å². The molecule has 4 heteroatoms. The van der Waals surface area contributed by atoms with Gasteiger partial charge in [0.15, 0.2) is 0 Å². The van der Waals surface area contributed by atoms with E-state index in [2.05, 4.69) is 68.5 Å². The van der Waals surface area contributed by atoms with Crippen molar-refractivity contribution in [3.8, 4) is 0 Å². The van der Waals surface area contributed by atoms with Crippen LogP contribution in [0.5, 0.6) is 0 Å². The molecule has 2 atom stereocenters. The minimum absolute atomic E-state index is 0.657. The zero-order chi connectivity index (χ0) is 20.9. The average Bonchev–Trinajstić information content (AvgIpc) is 2.94. The third-order valence-electron chi connectivity index (χ3n) is 6.44. The van der Waals surface area contributed by atoms with Crippen molar-refractivity contribution in [1.82, 2.24) is 0 Å². The van der Waals surface area contributed by atoms with Crippen LogP contribution in [0.25, 0.3) is 0 Å². The molecule has 0 saturated heterocycles. The van der Waals surface area contributed by atoms with Gasteiger partial charge in [0.05, 0.1) is 0 Å². The summed E-state index contributed by atoms with van der Waals surface area (Å²) in [6.07, 6.45) is 0. The molecule has 0 amide bonds. The smallest absolute Gasteiger partial charge is 0.0319 e. The van der Waals surface area contributed by atoms with Crippen LogP contribution in [0.15, 0.2) is 41.2 Å². The molecule has 2 unspecified atom stereocenters. The molecule has 0 saturated carbocycles. The summed E-state index contributed by atoms with van der Waals surface area (Å²) in [5.41, 5.74) is 9.78. The third-order valence-corrected chi connectivity index (χ3v) is 19.9. The minimum atomic E-state index is -1.32. The second-order valence-electron chi connectivity index (χ2n) is 7.71. The predicted molar refractivity (Wildman–Crippen MR) is 116 cm³/mol. The molecule has 0 aliphatic heterocycles. The SMILES string of the molecule is CC1=C(C)C(C)[C]([Ti]([C]2=C(C)C(C)=C(C)C2C)[SiH](C)C)=C1C.CO.CO. The number of rotatable bonds is 3. The summed E-state index contributed by atoms with van der Waals surface area (Å²) >= 11 is -1.32. The summed E-state index contributed by atoms with van der Waals surface area (Å²) in [6.45, 7) is 23.7. The molecule has 2 N–H and O–H groups in total. The van der Waals surface area contributed by atoms with Crippen LogP contribution in [0.3, 0.4) is 0 Å². The van der Waals surface area contributed by atoms with Gasteiger partial charge in [-0.3, -0.25) is 0 Å². The molecule has 0 fully saturated rings. The Morgan fingerprint density at radius 2 is 0.885 bits per heavy atom. The van der Waals surface area contributed by atoms with Crippen LogP contribution < -0.4 is 0 Å². The molecule has 0 radical (unpaired) electrons. The molecule has 2 nitrogen and oxygen atoms in total. The average molecular weight is 414 g/mol. The van der Waals surface area contributed by atoms with E-state index < -0.39 is 23.8 Å². The van der Waals surface area contributed by atoms with Gasteiger partial charge in [0, 0.05) is 14.2 Å². The molecular weight excluding hydrogens is 372 g/mol. The second kappa shape index (κ2) is 11.0. The maximum Gasteiger partial charge on any atom is 0.0319 e. The van der Waals surface area contributed by atoms with Crippen molar-refractivity contribution in [1.29, 1.82) is 0 Å². The van der Waals surface area contributed by atoms with Crippen LogP contribution in [0.1, 0.15) is 55.4 Å². The molecule has 0 aromatic heterocycles. The van der Waals surface area contributed by atoms with Crippen LogP contribution in [-0.4, -0.2) is 31.1 Å². The van der Waals surface area contributed by atoms with Crippen LogP contribution in [-0.2, 0) is 17.1 Å². The first kappa shape index (κ1) is 25.8. The molecule has 2 aliphatic carbocycles. The van der Waals surface area contributed by atoms with Gasteiger partial charge >= 0.3 is 145 Å². The zero-order valence-electron chi connectivity index (χ0n) is 19.1. The number of hydrogen-bond acceptors (Lipinski definition) is 2. The van der Waals surface area contributed by atoms with Crippen molar-refractivity contribution >= 4 is 6.66 Å². The summed E-state index contributed by atoms with van der Waals surface area (Å²) in [6, 6.07) is 0. The van der Waals surface area contributed by atoms with Crippen LogP contribution in [0.4, 0.5) is 0 Å². The topological polar surface area (TPSA) is 40.5 Å². The van der Waals surface area contributed by atoms with Gasteiger partial charge in [0.25, 0.3) is 0 Å². The van der Waals surface area contributed by atoms with E-state index in [4.69, 9.17) is 10.2 Å². The Balaban J connectivity index is 0.00000146. The molecule has 2 rings (SSSR count). The molecule has 0 aromatic carbocycles. The minimum Gasteiger partial charge on any atom is -0.400 e. The Bertz CT molecular complexity index is 587. The van der Waals surface area contributed by atoms with Gasteiger partial charge in [0.2, 0.25) is 0 Å². The summed E-state index contributed by atoms with van der Waals surface area (Å²) < 4.78 is 3.83. The van der Waals surface area contributed by atoms with Gasteiger partial charge < -0.3 is 10.2 Å². The quantitative estimate of drug-likeness (QED) is 0.615. The molecule has 0 heterocycles. The van der Waals surface area contributed by atoms with E-state index in [0.717, 1.165) is 14.2 Å². The van der Waals surface area contributed by atoms with E-state index in [1.54, 1.807) is 33.4 Å². The normalized spacial score (nSPS) is 22.7. The van der Waals surface area contributed by atoms with Crippen molar-refractivity contribution in [2.75, 3.05) is 14.2 Å². The van der Waals surface area contributed by atoms with Gasteiger partial charge in [0.1, 0.15) is 0 Å². The van der Waals surface area contributed by atoms with E-state index in [1.807, 2.05) is 7.76 Å². The van der Waals surface area contributed by atoms with E-state index in [9.17, 15) is 0 Å². The monoisotopic (exact) mass is 413 g/mol. The summed E-state index contributed by atoms with van der Waals surface area (Å²) in [7, 11) is 2.00. The zero-order valence-corrected chi connectivity index (χ0v) is 21.8. The largest absolute Gasteiger partial charge is 0.400 e. The van der Waals surface area contributed by atoms with Gasteiger partial charge in [-0.25, -0.2) is 0 Å². The number of hydrogen-bond donors (Lipinski definition) is 2. The third kappa shape index (κ3) is 4.62.